The highest BCUT2D eigenvalue weighted by Crippen LogP contribution is 2.32. The Balaban J connectivity index is 2.45. The van der Waals surface area contributed by atoms with Crippen LogP contribution in [0, 0.1) is 6.57 Å². The molecule has 1 saturated heterocycles. The van der Waals surface area contributed by atoms with Crippen molar-refractivity contribution in [3.05, 3.63) is 34.6 Å². The minimum Gasteiger partial charge on any atom is -0.348 e. The fourth-order valence-electron chi connectivity index (χ4n) is 1.71. The van der Waals surface area contributed by atoms with Crippen molar-refractivity contribution in [3.63, 3.8) is 0 Å². The molecular formula is C12H10ClN3OS. The molecule has 6 heteroatoms. The Morgan fingerprint density at radius 3 is 2.61 bits per heavy atom. The van der Waals surface area contributed by atoms with Crippen LogP contribution in [0.3, 0.4) is 0 Å². The van der Waals surface area contributed by atoms with Gasteiger partial charge in [-0.05, 0) is 38.2 Å². The first-order valence-electron chi connectivity index (χ1n) is 5.20. The van der Waals surface area contributed by atoms with E-state index in [1.165, 1.54) is 4.90 Å². The molecule has 1 aromatic rings. The molecule has 1 heterocycles. The zero-order valence-corrected chi connectivity index (χ0v) is 11.4. The summed E-state index contributed by atoms with van der Waals surface area (Å²) in [5, 5.41) is 3.60. The number of nitrogens with one attached hydrogen (secondary N) is 1. The van der Waals surface area contributed by atoms with Gasteiger partial charge in [0.1, 0.15) is 5.54 Å². The van der Waals surface area contributed by atoms with Crippen LogP contribution in [0.25, 0.3) is 4.85 Å². The second-order valence-electron chi connectivity index (χ2n) is 4.44. The first-order chi connectivity index (χ1) is 8.36. The van der Waals surface area contributed by atoms with E-state index in [1.807, 2.05) is 0 Å². The number of rotatable bonds is 1. The van der Waals surface area contributed by atoms with Crippen molar-refractivity contribution in [2.75, 3.05) is 4.90 Å². The van der Waals surface area contributed by atoms with Gasteiger partial charge in [-0.25, -0.2) is 4.85 Å². The summed E-state index contributed by atoms with van der Waals surface area (Å²) in [4.78, 5) is 16.8. The van der Waals surface area contributed by atoms with Crippen molar-refractivity contribution in [1.29, 1.82) is 0 Å². The zero-order valence-electron chi connectivity index (χ0n) is 9.82. The van der Waals surface area contributed by atoms with E-state index >= 15 is 0 Å². The van der Waals surface area contributed by atoms with Crippen LogP contribution in [-0.4, -0.2) is 16.6 Å². The molecule has 1 fully saturated rings. The molecule has 0 bridgehead atoms. The van der Waals surface area contributed by atoms with Gasteiger partial charge in [0.15, 0.2) is 5.11 Å². The number of anilines is 1. The van der Waals surface area contributed by atoms with Gasteiger partial charge < -0.3 is 5.32 Å². The summed E-state index contributed by atoms with van der Waals surface area (Å²) >= 11 is 11.1. The zero-order chi connectivity index (χ0) is 13.5. The largest absolute Gasteiger partial charge is 0.348 e. The number of halogens is 1. The second-order valence-corrected chi connectivity index (χ2v) is 5.24. The number of carbonyl (C=O) groups is 1. The van der Waals surface area contributed by atoms with Crippen LogP contribution in [0.15, 0.2) is 18.2 Å². The molecule has 4 nitrogen and oxygen atoms in total. The van der Waals surface area contributed by atoms with Crippen LogP contribution >= 0.6 is 23.8 Å². The summed E-state index contributed by atoms with van der Waals surface area (Å²) in [6.45, 7) is 10.4. The Kier molecular flexibility index (Phi) is 3.01. The maximum atomic E-state index is 12.2. The van der Waals surface area contributed by atoms with E-state index in [9.17, 15) is 4.79 Å². The summed E-state index contributed by atoms with van der Waals surface area (Å²) in [5.74, 6) is -0.140. The first kappa shape index (κ1) is 12.8. The smallest absolute Gasteiger partial charge is 0.258 e. The molecule has 0 aromatic heterocycles. The third-order valence-corrected chi connectivity index (χ3v) is 3.26. The van der Waals surface area contributed by atoms with Crippen molar-refractivity contribution >= 4 is 46.2 Å². The van der Waals surface area contributed by atoms with Gasteiger partial charge in [0.2, 0.25) is 5.69 Å². The predicted molar refractivity (Wildman–Crippen MR) is 75.0 cm³/mol. The molecule has 0 saturated carbocycles. The van der Waals surface area contributed by atoms with Crippen molar-refractivity contribution < 1.29 is 4.79 Å². The van der Waals surface area contributed by atoms with Gasteiger partial charge in [-0.15, -0.1) is 0 Å². The van der Waals surface area contributed by atoms with Gasteiger partial charge in [0.25, 0.3) is 5.91 Å². The molecule has 92 valence electrons. The van der Waals surface area contributed by atoms with E-state index in [1.54, 1.807) is 32.0 Å². The van der Waals surface area contributed by atoms with E-state index < -0.39 is 5.54 Å². The Labute approximate surface area is 115 Å². The number of amides is 1. The molecule has 18 heavy (non-hydrogen) atoms. The molecule has 0 unspecified atom stereocenters. The Hall–Kier alpha value is -1.64. The molecule has 0 aliphatic carbocycles. The molecule has 1 aliphatic rings. The third-order valence-electron chi connectivity index (χ3n) is 2.67. The van der Waals surface area contributed by atoms with Crippen molar-refractivity contribution in [1.82, 2.24) is 5.32 Å². The average molecular weight is 280 g/mol. The molecule has 1 aromatic carbocycles. The number of hydrogen-bond acceptors (Lipinski definition) is 2. The number of hydrogen-bond donors (Lipinski definition) is 1. The van der Waals surface area contributed by atoms with Crippen LogP contribution in [-0.2, 0) is 4.79 Å². The lowest BCUT2D eigenvalue weighted by molar-refractivity contribution is -0.120. The van der Waals surface area contributed by atoms with E-state index in [0.29, 0.717) is 21.5 Å². The lowest BCUT2D eigenvalue weighted by atomic mass is 10.1. The number of nitrogens with zero attached hydrogens (tertiary/aromatic N) is 2. The van der Waals surface area contributed by atoms with Gasteiger partial charge in [0.05, 0.1) is 12.3 Å². The molecule has 0 radical (unpaired) electrons. The number of carbonyl (C=O) groups excluding carboxylic acids is 1. The van der Waals surface area contributed by atoms with Crippen molar-refractivity contribution in [2.24, 2.45) is 0 Å². The van der Waals surface area contributed by atoms with Crippen molar-refractivity contribution in [3.8, 4) is 0 Å². The van der Waals surface area contributed by atoms with Crippen LogP contribution in [0.2, 0.25) is 5.02 Å². The topological polar surface area (TPSA) is 36.7 Å². The Bertz CT molecular complexity index is 591. The molecule has 1 amide bonds. The molecule has 1 aliphatic heterocycles. The summed E-state index contributed by atoms with van der Waals surface area (Å²) in [6, 6.07) is 4.81. The van der Waals surface area contributed by atoms with E-state index in [4.69, 9.17) is 30.4 Å². The minimum atomic E-state index is -0.720. The maximum absolute atomic E-state index is 12.2. The minimum absolute atomic E-state index is 0.140. The SMILES string of the molecule is [C-]#[N+]c1ccc(N2C(=O)C(C)(C)NC2=S)cc1Cl. The van der Waals surface area contributed by atoms with E-state index in [2.05, 4.69) is 10.2 Å². The third kappa shape index (κ3) is 1.94. The molecular weight excluding hydrogens is 270 g/mol. The molecule has 2 rings (SSSR count). The Morgan fingerprint density at radius 2 is 2.17 bits per heavy atom. The van der Waals surface area contributed by atoms with E-state index in [-0.39, 0.29) is 5.91 Å². The van der Waals surface area contributed by atoms with Gasteiger partial charge in [-0.3, -0.25) is 9.69 Å². The average Bonchev–Trinajstić information content (AvgIpc) is 2.48. The van der Waals surface area contributed by atoms with Gasteiger partial charge in [-0.1, -0.05) is 17.7 Å². The van der Waals surface area contributed by atoms with Gasteiger partial charge in [-0.2, -0.15) is 0 Å². The van der Waals surface area contributed by atoms with Gasteiger partial charge >= 0.3 is 0 Å². The number of thiocarbonyl (C=S) groups is 1. The van der Waals surface area contributed by atoms with Crippen LogP contribution in [0.1, 0.15) is 13.8 Å². The normalized spacial score (nSPS) is 17.6. The first-order valence-corrected chi connectivity index (χ1v) is 5.99. The predicted octanol–water partition coefficient (Wildman–Crippen LogP) is 2.89. The molecule has 0 atom stereocenters. The molecule has 1 N–H and O–H groups in total. The van der Waals surface area contributed by atoms with Crippen LogP contribution in [0.4, 0.5) is 11.4 Å². The number of benzene rings is 1. The van der Waals surface area contributed by atoms with Crippen LogP contribution < -0.4 is 10.2 Å². The van der Waals surface area contributed by atoms with Crippen LogP contribution in [0.5, 0.6) is 0 Å². The second kappa shape index (κ2) is 4.23. The summed E-state index contributed by atoms with van der Waals surface area (Å²) in [7, 11) is 0. The summed E-state index contributed by atoms with van der Waals surface area (Å²) in [5.41, 5.74) is 0.202. The molecule has 0 spiro atoms. The fraction of sp³-hybridized carbons (Fsp3) is 0.250. The Morgan fingerprint density at radius 1 is 1.50 bits per heavy atom. The highest BCUT2D eigenvalue weighted by molar-refractivity contribution is 7.80. The highest BCUT2D eigenvalue weighted by Gasteiger charge is 2.42. The van der Waals surface area contributed by atoms with E-state index in [0.717, 1.165) is 0 Å². The highest BCUT2D eigenvalue weighted by atomic mass is 35.5. The standard InChI is InChI=1S/C12H10ClN3OS/c1-12(2)10(17)16(11(18)15-12)7-4-5-9(14-3)8(13)6-7/h4-6H,1-2H3,(H,15,18). The van der Waals surface area contributed by atoms with Crippen molar-refractivity contribution in [2.45, 2.75) is 19.4 Å². The lowest BCUT2D eigenvalue weighted by Crippen LogP contribution is -2.40. The van der Waals surface area contributed by atoms with Gasteiger partial charge in [0, 0.05) is 5.02 Å². The maximum Gasteiger partial charge on any atom is 0.258 e. The lowest BCUT2D eigenvalue weighted by Gasteiger charge is -2.17. The fourth-order valence-corrected chi connectivity index (χ4v) is 2.37. The summed E-state index contributed by atoms with van der Waals surface area (Å²) in [6.07, 6.45) is 0. The monoisotopic (exact) mass is 279 g/mol. The quantitative estimate of drug-likeness (QED) is 0.634. The summed E-state index contributed by atoms with van der Waals surface area (Å²) < 4.78 is 0.